The van der Waals surface area contributed by atoms with Gasteiger partial charge in [-0.1, -0.05) is 30.3 Å². The smallest absolute Gasteiger partial charge is 0.416 e. The zero-order chi connectivity index (χ0) is 22.4. The summed E-state index contributed by atoms with van der Waals surface area (Å²) in [5.74, 6) is -0.467. The quantitative estimate of drug-likeness (QED) is 0.513. The van der Waals surface area contributed by atoms with E-state index < -0.39 is 17.6 Å². The van der Waals surface area contributed by atoms with Crippen molar-refractivity contribution in [2.45, 2.75) is 13.1 Å². The minimum atomic E-state index is -4.56. The Balaban J connectivity index is 1.87. The van der Waals surface area contributed by atoms with Gasteiger partial charge in [0.1, 0.15) is 12.4 Å². The molecule has 0 aliphatic rings. The second-order valence-electron chi connectivity index (χ2n) is 6.70. The van der Waals surface area contributed by atoms with Crippen LogP contribution in [0.2, 0.25) is 0 Å². The highest BCUT2D eigenvalue weighted by Crippen LogP contribution is 2.35. The first-order chi connectivity index (χ1) is 14.8. The molecule has 0 bridgehead atoms. The van der Waals surface area contributed by atoms with Gasteiger partial charge in [-0.05, 0) is 37.3 Å². The van der Waals surface area contributed by atoms with Gasteiger partial charge in [-0.3, -0.25) is 9.78 Å². The normalized spacial score (nSPS) is 11.3. The molecule has 0 aliphatic carbocycles. The summed E-state index contributed by atoms with van der Waals surface area (Å²) < 4.78 is 49.8. The lowest BCUT2D eigenvalue weighted by molar-refractivity contribution is -0.137. The van der Waals surface area contributed by atoms with Gasteiger partial charge in [-0.15, -0.1) is 0 Å². The van der Waals surface area contributed by atoms with Crippen LogP contribution in [-0.2, 0) is 10.9 Å². The van der Waals surface area contributed by atoms with Crippen LogP contribution < -0.4 is 10.1 Å². The number of pyridine rings is 1. The zero-order valence-electron chi connectivity index (χ0n) is 17.0. The number of hydrogen-bond donors (Lipinski definition) is 1. The number of carbonyl (C=O) groups is 1. The molecule has 1 N–H and O–H groups in total. The maximum absolute atomic E-state index is 13.2. The number of benzene rings is 2. The van der Waals surface area contributed by atoms with E-state index in [9.17, 15) is 18.0 Å². The van der Waals surface area contributed by atoms with Crippen molar-refractivity contribution < 1.29 is 27.4 Å². The third-order valence-electron chi connectivity index (χ3n) is 4.50. The SMILES string of the molecule is COCCOc1ccc(C(F)(F)F)cc1NC(=O)c1ccc(-c2ccccc2)nc1C. The van der Waals surface area contributed by atoms with Gasteiger partial charge in [-0.25, -0.2) is 0 Å². The predicted molar refractivity (Wildman–Crippen MR) is 111 cm³/mol. The molecule has 2 aromatic carbocycles. The number of alkyl halides is 3. The summed E-state index contributed by atoms with van der Waals surface area (Å²) in [7, 11) is 1.48. The van der Waals surface area contributed by atoms with Crippen LogP contribution in [0.25, 0.3) is 11.3 Å². The van der Waals surface area contributed by atoms with E-state index in [2.05, 4.69) is 10.3 Å². The number of nitrogens with one attached hydrogen (secondary N) is 1. The fourth-order valence-corrected chi connectivity index (χ4v) is 2.93. The monoisotopic (exact) mass is 430 g/mol. The topological polar surface area (TPSA) is 60.5 Å². The number of hydrogen-bond acceptors (Lipinski definition) is 4. The number of amides is 1. The minimum absolute atomic E-state index is 0.0811. The molecule has 0 unspecified atom stereocenters. The van der Waals surface area contributed by atoms with Crippen LogP contribution in [0, 0.1) is 6.92 Å². The van der Waals surface area contributed by atoms with E-state index in [0.29, 0.717) is 11.4 Å². The van der Waals surface area contributed by atoms with Crippen molar-refractivity contribution in [3.8, 4) is 17.0 Å². The molecule has 5 nitrogen and oxygen atoms in total. The molecule has 0 spiro atoms. The summed E-state index contributed by atoms with van der Waals surface area (Å²) in [6.45, 7) is 2.04. The number of halogens is 3. The van der Waals surface area contributed by atoms with Crippen molar-refractivity contribution in [2.75, 3.05) is 25.6 Å². The Hall–Kier alpha value is -3.39. The molecule has 3 rings (SSSR count). The zero-order valence-corrected chi connectivity index (χ0v) is 17.0. The standard InChI is InChI=1S/C23H21F3N2O3/c1-15-18(9-10-19(27-15)16-6-4-3-5-7-16)22(29)28-20-14-17(23(24,25)26)8-11-21(20)31-13-12-30-2/h3-11,14H,12-13H2,1-2H3,(H,28,29). The molecule has 0 saturated heterocycles. The third kappa shape index (κ3) is 5.61. The highest BCUT2D eigenvalue weighted by Gasteiger charge is 2.31. The molecule has 8 heteroatoms. The average Bonchev–Trinajstić information content (AvgIpc) is 2.74. The number of rotatable bonds is 7. The molecular weight excluding hydrogens is 409 g/mol. The van der Waals surface area contributed by atoms with Gasteiger partial charge in [0.15, 0.2) is 0 Å². The van der Waals surface area contributed by atoms with Crippen molar-refractivity contribution in [3.63, 3.8) is 0 Å². The second kappa shape index (κ2) is 9.61. The number of methoxy groups -OCH3 is 1. The van der Waals surface area contributed by atoms with Crippen molar-refractivity contribution >= 4 is 11.6 Å². The highest BCUT2D eigenvalue weighted by molar-refractivity contribution is 6.06. The summed E-state index contributed by atoms with van der Waals surface area (Å²) in [6, 6.07) is 15.7. The van der Waals surface area contributed by atoms with Gasteiger partial charge in [0.2, 0.25) is 0 Å². The highest BCUT2D eigenvalue weighted by atomic mass is 19.4. The first-order valence-electron chi connectivity index (χ1n) is 9.47. The average molecular weight is 430 g/mol. The Labute approximate surface area is 177 Å². The third-order valence-corrected chi connectivity index (χ3v) is 4.50. The van der Waals surface area contributed by atoms with Gasteiger partial charge < -0.3 is 14.8 Å². The van der Waals surface area contributed by atoms with Gasteiger partial charge in [-0.2, -0.15) is 13.2 Å². The van der Waals surface area contributed by atoms with Gasteiger partial charge in [0.25, 0.3) is 5.91 Å². The molecule has 0 saturated carbocycles. The molecule has 162 valence electrons. The Kier molecular flexibility index (Phi) is 6.91. The molecule has 1 aromatic heterocycles. The summed E-state index contributed by atoms with van der Waals surface area (Å²) in [5.41, 5.74) is 1.31. The Morgan fingerprint density at radius 2 is 1.77 bits per heavy atom. The summed E-state index contributed by atoms with van der Waals surface area (Å²) >= 11 is 0. The van der Waals surface area contributed by atoms with Crippen molar-refractivity contribution in [1.29, 1.82) is 0 Å². The van der Waals surface area contributed by atoms with Crippen LogP contribution in [0.3, 0.4) is 0 Å². The number of ether oxygens (including phenoxy) is 2. The number of carbonyl (C=O) groups excluding carboxylic acids is 1. The van der Waals surface area contributed by atoms with Crippen LogP contribution in [0.4, 0.5) is 18.9 Å². The lowest BCUT2D eigenvalue weighted by Crippen LogP contribution is -2.17. The number of aryl methyl sites for hydroxylation is 1. The fraction of sp³-hybridized carbons (Fsp3) is 0.217. The van der Waals surface area contributed by atoms with Gasteiger partial charge >= 0.3 is 6.18 Å². The molecule has 0 aliphatic heterocycles. The summed E-state index contributed by atoms with van der Waals surface area (Å²) in [6.07, 6.45) is -4.56. The molecule has 31 heavy (non-hydrogen) atoms. The van der Waals surface area contributed by atoms with Crippen molar-refractivity contribution in [3.05, 3.63) is 77.5 Å². The fourth-order valence-electron chi connectivity index (χ4n) is 2.93. The summed E-state index contributed by atoms with van der Waals surface area (Å²) in [4.78, 5) is 17.3. The van der Waals surface area contributed by atoms with Crippen molar-refractivity contribution in [1.82, 2.24) is 4.98 Å². The first-order valence-corrected chi connectivity index (χ1v) is 9.47. The first kappa shape index (κ1) is 22.3. The molecular formula is C23H21F3N2O3. The van der Waals surface area contributed by atoms with Crippen LogP contribution in [0.1, 0.15) is 21.6 Å². The predicted octanol–water partition coefficient (Wildman–Crippen LogP) is 5.35. The molecule has 0 radical (unpaired) electrons. The van der Waals surface area contributed by atoms with Crippen LogP contribution in [0.5, 0.6) is 5.75 Å². The van der Waals surface area contributed by atoms with Crippen LogP contribution in [-0.4, -0.2) is 31.2 Å². The van der Waals surface area contributed by atoms with E-state index in [-0.39, 0.29) is 30.2 Å². The second-order valence-corrected chi connectivity index (χ2v) is 6.70. The lowest BCUT2D eigenvalue weighted by Gasteiger charge is -2.16. The van der Waals surface area contributed by atoms with E-state index in [1.807, 2.05) is 30.3 Å². The molecule has 0 atom stereocenters. The lowest BCUT2D eigenvalue weighted by atomic mass is 10.1. The number of nitrogens with zero attached hydrogens (tertiary/aromatic N) is 1. The van der Waals surface area contributed by atoms with E-state index in [1.165, 1.54) is 13.2 Å². The van der Waals surface area contributed by atoms with Crippen LogP contribution >= 0.6 is 0 Å². The maximum atomic E-state index is 13.2. The van der Waals surface area contributed by atoms with Crippen LogP contribution in [0.15, 0.2) is 60.7 Å². The van der Waals surface area contributed by atoms with E-state index in [4.69, 9.17) is 9.47 Å². The minimum Gasteiger partial charge on any atom is -0.489 e. The number of anilines is 1. The molecule has 3 aromatic rings. The van der Waals surface area contributed by atoms with Crippen molar-refractivity contribution in [2.24, 2.45) is 0 Å². The maximum Gasteiger partial charge on any atom is 0.416 e. The van der Waals surface area contributed by atoms with E-state index >= 15 is 0 Å². The molecule has 1 heterocycles. The van der Waals surface area contributed by atoms with E-state index in [0.717, 1.165) is 17.7 Å². The Bertz CT molecular complexity index is 1050. The van der Waals surface area contributed by atoms with Gasteiger partial charge in [0.05, 0.1) is 34.8 Å². The molecule has 1 amide bonds. The summed E-state index contributed by atoms with van der Waals surface area (Å²) in [5, 5.41) is 2.52. The van der Waals surface area contributed by atoms with E-state index in [1.54, 1.807) is 19.1 Å². The number of aromatic nitrogens is 1. The Morgan fingerprint density at radius 1 is 1.03 bits per heavy atom. The molecule has 0 fully saturated rings. The van der Waals surface area contributed by atoms with Gasteiger partial charge in [0, 0.05) is 12.7 Å². The Morgan fingerprint density at radius 3 is 2.42 bits per heavy atom. The largest absolute Gasteiger partial charge is 0.489 e.